The van der Waals surface area contributed by atoms with E-state index in [0.29, 0.717) is 35.7 Å². The van der Waals surface area contributed by atoms with Crippen molar-refractivity contribution in [1.82, 2.24) is 39.8 Å². The lowest BCUT2D eigenvalue weighted by Gasteiger charge is -2.10. The van der Waals surface area contributed by atoms with E-state index in [4.69, 9.17) is 0 Å². The van der Waals surface area contributed by atoms with Gasteiger partial charge in [-0.1, -0.05) is 0 Å². The monoisotopic (exact) mass is 394 g/mol. The predicted molar refractivity (Wildman–Crippen MR) is 103 cm³/mol. The van der Waals surface area contributed by atoms with Gasteiger partial charge in [0, 0.05) is 24.8 Å². The Bertz CT molecular complexity index is 1160. The molecule has 0 aromatic carbocycles. The minimum Gasteiger partial charge on any atom is -0.351 e. The number of anilines is 2. The summed E-state index contributed by atoms with van der Waals surface area (Å²) in [5, 5.41) is 15.5. The molecule has 1 saturated carbocycles. The molecule has 1 aliphatic carbocycles. The van der Waals surface area contributed by atoms with Crippen LogP contribution in [0, 0.1) is 0 Å². The molecule has 29 heavy (non-hydrogen) atoms. The van der Waals surface area contributed by atoms with Gasteiger partial charge in [0.15, 0.2) is 5.65 Å². The van der Waals surface area contributed by atoms with Crippen LogP contribution in [-0.4, -0.2) is 47.1 Å². The maximum Gasteiger partial charge on any atom is 0.326 e. The van der Waals surface area contributed by atoms with Gasteiger partial charge in [-0.2, -0.15) is 19.6 Å². The van der Waals surface area contributed by atoms with E-state index in [1.54, 1.807) is 29.3 Å². The number of nitrogens with zero attached hydrogens (tertiary/aromatic N) is 6. The van der Waals surface area contributed by atoms with Crippen LogP contribution in [0.3, 0.4) is 0 Å². The Morgan fingerprint density at radius 2 is 2.10 bits per heavy atom. The standard InChI is InChI=1S/C17H18N10O2/c1-26-8-18-6-11(26)7-19-15-23-13-9(4-12-14(28)24-17(29)22-12)5-20-27(13)16(25-15)21-10-2-3-10/h4-6,8,10H,2-3,7H2,1H3,(H2,19,21,23,25)(H2,22,24,28,29)/b12-4-. The van der Waals surface area contributed by atoms with Crippen molar-refractivity contribution in [2.24, 2.45) is 7.05 Å². The summed E-state index contributed by atoms with van der Waals surface area (Å²) in [6.07, 6.45) is 8.77. The maximum absolute atomic E-state index is 11.8. The van der Waals surface area contributed by atoms with Crippen molar-refractivity contribution in [3.8, 4) is 0 Å². The lowest BCUT2D eigenvalue weighted by atomic mass is 10.2. The first-order valence-corrected chi connectivity index (χ1v) is 9.12. The number of rotatable bonds is 6. The van der Waals surface area contributed by atoms with Crippen LogP contribution in [0.25, 0.3) is 11.7 Å². The van der Waals surface area contributed by atoms with Crippen LogP contribution < -0.4 is 21.3 Å². The summed E-state index contributed by atoms with van der Waals surface area (Å²) >= 11 is 0. The predicted octanol–water partition coefficient (Wildman–Crippen LogP) is 0.225. The minimum atomic E-state index is -0.554. The second-order valence-electron chi connectivity index (χ2n) is 6.94. The highest BCUT2D eigenvalue weighted by molar-refractivity contribution is 6.14. The van der Waals surface area contributed by atoms with Gasteiger partial charge in [-0.25, -0.2) is 9.78 Å². The Labute approximate surface area is 164 Å². The number of aromatic nitrogens is 6. The fourth-order valence-corrected chi connectivity index (χ4v) is 2.94. The average molecular weight is 394 g/mol. The molecule has 4 N–H and O–H groups in total. The third-order valence-electron chi connectivity index (χ3n) is 4.67. The molecule has 0 spiro atoms. The molecule has 1 aliphatic heterocycles. The molecule has 2 aliphatic rings. The van der Waals surface area contributed by atoms with Crippen molar-refractivity contribution < 1.29 is 9.59 Å². The molecule has 12 nitrogen and oxygen atoms in total. The fourth-order valence-electron chi connectivity index (χ4n) is 2.94. The van der Waals surface area contributed by atoms with Crippen LogP contribution >= 0.6 is 0 Å². The number of fused-ring (bicyclic) bond motifs is 1. The van der Waals surface area contributed by atoms with E-state index >= 15 is 0 Å². The van der Waals surface area contributed by atoms with Gasteiger partial charge in [0.05, 0.1) is 24.8 Å². The highest BCUT2D eigenvalue weighted by Crippen LogP contribution is 2.25. The summed E-state index contributed by atoms with van der Waals surface area (Å²) in [6.45, 7) is 0.499. The summed E-state index contributed by atoms with van der Waals surface area (Å²) < 4.78 is 3.50. The van der Waals surface area contributed by atoms with Crippen LogP contribution in [0.15, 0.2) is 24.4 Å². The van der Waals surface area contributed by atoms with E-state index in [1.807, 2.05) is 11.6 Å². The number of urea groups is 1. The lowest BCUT2D eigenvalue weighted by molar-refractivity contribution is -0.115. The Hall–Kier alpha value is -3.96. The minimum absolute atomic E-state index is 0.143. The summed E-state index contributed by atoms with van der Waals surface area (Å²) in [7, 11) is 1.91. The molecule has 5 rings (SSSR count). The topological polar surface area (TPSA) is 143 Å². The summed E-state index contributed by atoms with van der Waals surface area (Å²) in [5.41, 5.74) is 2.22. The van der Waals surface area contributed by atoms with Crippen LogP contribution in [0.5, 0.6) is 0 Å². The van der Waals surface area contributed by atoms with Gasteiger partial charge in [-0.05, 0) is 18.9 Å². The number of hydrogen-bond acceptors (Lipinski definition) is 8. The van der Waals surface area contributed by atoms with Crippen LogP contribution in [0.1, 0.15) is 24.1 Å². The van der Waals surface area contributed by atoms with Gasteiger partial charge in [0.25, 0.3) is 5.91 Å². The van der Waals surface area contributed by atoms with E-state index < -0.39 is 11.9 Å². The zero-order valence-electron chi connectivity index (χ0n) is 15.5. The second-order valence-corrected chi connectivity index (χ2v) is 6.94. The highest BCUT2D eigenvalue weighted by atomic mass is 16.2. The first kappa shape index (κ1) is 17.2. The van der Waals surface area contributed by atoms with Gasteiger partial charge < -0.3 is 20.5 Å². The van der Waals surface area contributed by atoms with Gasteiger partial charge in [-0.15, -0.1) is 0 Å². The van der Waals surface area contributed by atoms with E-state index in [0.717, 1.165) is 18.5 Å². The third kappa shape index (κ3) is 3.35. The molecule has 4 heterocycles. The molecule has 0 bridgehead atoms. The molecule has 2 fully saturated rings. The number of imidazole rings is 1. The van der Waals surface area contributed by atoms with Gasteiger partial charge in [0.1, 0.15) is 5.70 Å². The van der Waals surface area contributed by atoms with Gasteiger partial charge in [0.2, 0.25) is 11.9 Å². The first-order valence-electron chi connectivity index (χ1n) is 9.12. The van der Waals surface area contributed by atoms with Crippen LogP contribution in [0.2, 0.25) is 0 Å². The van der Waals surface area contributed by atoms with Crippen molar-refractivity contribution >= 4 is 35.6 Å². The summed E-state index contributed by atoms with van der Waals surface area (Å²) in [6, 6.07) is -0.189. The van der Waals surface area contributed by atoms with E-state index in [-0.39, 0.29) is 5.70 Å². The van der Waals surface area contributed by atoms with E-state index in [2.05, 4.69) is 41.3 Å². The molecular formula is C17H18N10O2. The number of carbonyl (C=O) groups excluding carboxylic acids is 2. The Morgan fingerprint density at radius 3 is 2.79 bits per heavy atom. The molecule has 0 unspecified atom stereocenters. The number of hydrogen-bond donors (Lipinski definition) is 4. The Morgan fingerprint density at radius 1 is 1.24 bits per heavy atom. The number of nitrogens with one attached hydrogen (secondary N) is 4. The average Bonchev–Trinajstić information content (AvgIpc) is 3.11. The SMILES string of the molecule is Cn1cncc1CNc1nc(NC2CC2)n2ncc(/C=C3\NC(=O)NC3=O)c2n1. The first-order chi connectivity index (χ1) is 14.1. The van der Waals surface area contributed by atoms with E-state index in [9.17, 15) is 9.59 Å². The Kier molecular flexibility index (Phi) is 3.89. The van der Waals surface area contributed by atoms with Crippen molar-refractivity contribution in [2.45, 2.75) is 25.4 Å². The molecular weight excluding hydrogens is 376 g/mol. The van der Waals surface area contributed by atoms with E-state index in [1.165, 1.54) is 0 Å². The maximum atomic E-state index is 11.8. The summed E-state index contributed by atoms with van der Waals surface area (Å²) in [5.74, 6) is 0.491. The molecule has 148 valence electrons. The highest BCUT2D eigenvalue weighted by Gasteiger charge is 2.25. The quantitative estimate of drug-likeness (QED) is 0.344. The van der Waals surface area contributed by atoms with Crippen molar-refractivity contribution in [2.75, 3.05) is 10.6 Å². The zero-order valence-corrected chi connectivity index (χ0v) is 15.5. The second kappa shape index (κ2) is 6.58. The number of amides is 3. The molecule has 1 saturated heterocycles. The lowest BCUT2D eigenvalue weighted by Crippen LogP contribution is -2.22. The Balaban J connectivity index is 1.51. The molecule has 3 aromatic heterocycles. The normalized spacial score (nSPS) is 17.6. The van der Waals surface area contributed by atoms with Crippen LogP contribution in [-0.2, 0) is 18.4 Å². The van der Waals surface area contributed by atoms with Crippen molar-refractivity contribution in [1.29, 1.82) is 0 Å². The molecule has 3 aromatic rings. The van der Waals surface area contributed by atoms with Crippen molar-refractivity contribution in [3.05, 3.63) is 35.7 Å². The van der Waals surface area contributed by atoms with Crippen molar-refractivity contribution in [3.63, 3.8) is 0 Å². The zero-order chi connectivity index (χ0) is 20.0. The van der Waals surface area contributed by atoms with Crippen LogP contribution in [0.4, 0.5) is 16.7 Å². The molecule has 12 heteroatoms. The summed E-state index contributed by atoms with van der Waals surface area (Å²) in [4.78, 5) is 36.4. The fraction of sp³-hybridized carbons (Fsp3) is 0.294. The van der Waals surface area contributed by atoms with Gasteiger partial charge >= 0.3 is 6.03 Å². The largest absolute Gasteiger partial charge is 0.351 e. The third-order valence-corrected chi connectivity index (χ3v) is 4.67. The molecule has 0 radical (unpaired) electrons. The van der Waals surface area contributed by atoms with Gasteiger partial charge in [-0.3, -0.25) is 10.1 Å². The number of imide groups is 1. The molecule has 0 atom stereocenters. The number of carbonyl (C=O) groups is 2. The number of aryl methyl sites for hydroxylation is 1. The smallest absolute Gasteiger partial charge is 0.326 e. The molecule has 3 amide bonds.